The van der Waals surface area contributed by atoms with E-state index in [-0.39, 0.29) is 5.91 Å². The van der Waals surface area contributed by atoms with Crippen molar-refractivity contribution < 1.29 is 4.79 Å². The van der Waals surface area contributed by atoms with Crippen LogP contribution in [0.5, 0.6) is 0 Å². The van der Waals surface area contributed by atoms with Crippen molar-refractivity contribution in [2.24, 2.45) is 0 Å². The molecule has 5 nitrogen and oxygen atoms in total. The molecule has 4 aromatic rings. The first-order valence-electron chi connectivity index (χ1n) is 8.99. The van der Waals surface area contributed by atoms with Gasteiger partial charge in [0.25, 0.3) is 5.91 Å². The summed E-state index contributed by atoms with van der Waals surface area (Å²) in [4.78, 5) is 16.9. The Balaban J connectivity index is 1.64. The van der Waals surface area contributed by atoms with Gasteiger partial charge in [0.05, 0.1) is 11.6 Å². The number of hydrogen-bond donors (Lipinski definition) is 1. The van der Waals surface area contributed by atoms with Crippen LogP contribution in [0.15, 0.2) is 79.1 Å². The molecule has 0 aliphatic heterocycles. The molecule has 0 unspecified atom stereocenters. The summed E-state index contributed by atoms with van der Waals surface area (Å²) in [5.74, 6) is -0.123. The first-order chi connectivity index (χ1) is 13.7. The zero-order chi connectivity index (χ0) is 19.3. The van der Waals surface area contributed by atoms with E-state index in [4.69, 9.17) is 5.26 Å². The van der Waals surface area contributed by atoms with E-state index in [1.165, 1.54) is 0 Å². The fourth-order valence-electron chi connectivity index (χ4n) is 3.21. The molecule has 0 aliphatic carbocycles. The van der Waals surface area contributed by atoms with Gasteiger partial charge in [0.15, 0.2) is 0 Å². The lowest BCUT2D eigenvalue weighted by atomic mass is 10.1. The zero-order valence-electron chi connectivity index (χ0n) is 15.2. The van der Waals surface area contributed by atoms with Crippen LogP contribution in [0.1, 0.15) is 27.2 Å². The van der Waals surface area contributed by atoms with Crippen LogP contribution in [0.4, 0.5) is 0 Å². The Kier molecular flexibility index (Phi) is 4.85. The first kappa shape index (κ1) is 17.5. The van der Waals surface area contributed by atoms with E-state index in [1.807, 2.05) is 59.2 Å². The SMILES string of the molecule is N#Cc1ccc(Cn2c(C(=O)NCc3ccncc3)cc3ccccc32)cc1. The quantitative estimate of drug-likeness (QED) is 0.582. The number of amides is 1. The Morgan fingerprint density at radius 3 is 2.50 bits per heavy atom. The minimum Gasteiger partial charge on any atom is -0.347 e. The molecule has 2 aromatic heterocycles. The number of carbonyl (C=O) groups excluding carboxylic acids is 1. The van der Waals surface area contributed by atoms with Crippen molar-refractivity contribution in [3.8, 4) is 6.07 Å². The second kappa shape index (κ2) is 7.77. The topological polar surface area (TPSA) is 70.7 Å². The fourth-order valence-corrected chi connectivity index (χ4v) is 3.21. The third kappa shape index (κ3) is 3.62. The molecule has 5 heteroatoms. The van der Waals surface area contributed by atoms with Gasteiger partial charge >= 0.3 is 0 Å². The number of fused-ring (bicyclic) bond motifs is 1. The van der Waals surface area contributed by atoms with Crippen molar-refractivity contribution in [3.63, 3.8) is 0 Å². The second-order valence-electron chi connectivity index (χ2n) is 6.52. The summed E-state index contributed by atoms with van der Waals surface area (Å²) >= 11 is 0. The van der Waals surface area contributed by atoms with Crippen molar-refractivity contribution in [2.75, 3.05) is 0 Å². The Morgan fingerprint density at radius 2 is 1.75 bits per heavy atom. The van der Waals surface area contributed by atoms with E-state index in [1.54, 1.807) is 24.5 Å². The molecule has 0 fully saturated rings. The average Bonchev–Trinajstić information content (AvgIpc) is 3.12. The largest absolute Gasteiger partial charge is 0.347 e. The molecule has 1 amide bonds. The predicted octanol–water partition coefficient (Wildman–Crippen LogP) is 3.89. The Hall–Kier alpha value is -3.91. The van der Waals surface area contributed by atoms with Gasteiger partial charge in [-0.25, -0.2) is 0 Å². The number of para-hydroxylation sites is 1. The van der Waals surface area contributed by atoms with Gasteiger partial charge in [0.2, 0.25) is 0 Å². The maximum Gasteiger partial charge on any atom is 0.268 e. The van der Waals surface area contributed by atoms with E-state index in [0.717, 1.165) is 22.0 Å². The van der Waals surface area contributed by atoms with E-state index in [0.29, 0.717) is 24.3 Å². The van der Waals surface area contributed by atoms with Crippen LogP contribution < -0.4 is 5.32 Å². The van der Waals surface area contributed by atoms with Crippen molar-refractivity contribution in [3.05, 3.63) is 102 Å². The van der Waals surface area contributed by atoms with Gasteiger partial charge in [-0.1, -0.05) is 30.3 Å². The highest BCUT2D eigenvalue weighted by molar-refractivity contribution is 5.98. The molecule has 28 heavy (non-hydrogen) atoms. The first-order valence-corrected chi connectivity index (χ1v) is 8.99. The molecular weight excluding hydrogens is 348 g/mol. The Morgan fingerprint density at radius 1 is 1.00 bits per heavy atom. The standard InChI is InChI=1S/C23H18N4O/c24-14-17-5-7-19(8-6-17)16-27-21-4-2-1-3-20(21)13-22(27)23(28)26-15-18-9-11-25-12-10-18/h1-13H,15-16H2,(H,26,28). The Bertz CT molecular complexity index is 1150. The van der Waals surface area contributed by atoms with Crippen LogP contribution in [0, 0.1) is 11.3 Å². The van der Waals surface area contributed by atoms with E-state index < -0.39 is 0 Å². The minimum atomic E-state index is -0.123. The molecule has 0 saturated carbocycles. The van der Waals surface area contributed by atoms with Gasteiger partial charge in [-0.2, -0.15) is 5.26 Å². The highest BCUT2D eigenvalue weighted by Crippen LogP contribution is 2.21. The number of pyridine rings is 1. The number of nitriles is 1. The third-order valence-corrected chi connectivity index (χ3v) is 4.67. The molecule has 0 bridgehead atoms. The summed E-state index contributed by atoms with van der Waals surface area (Å²) < 4.78 is 2.01. The fraction of sp³-hybridized carbons (Fsp3) is 0.0870. The number of benzene rings is 2. The maximum atomic E-state index is 12.9. The number of hydrogen-bond acceptors (Lipinski definition) is 3. The zero-order valence-corrected chi connectivity index (χ0v) is 15.2. The van der Waals surface area contributed by atoms with Crippen LogP contribution >= 0.6 is 0 Å². The average molecular weight is 366 g/mol. The maximum absolute atomic E-state index is 12.9. The summed E-state index contributed by atoms with van der Waals surface area (Å²) in [6.07, 6.45) is 3.42. The normalized spacial score (nSPS) is 10.5. The van der Waals surface area contributed by atoms with E-state index in [9.17, 15) is 4.79 Å². The second-order valence-corrected chi connectivity index (χ2v) is 6.52. The summed E-state index contributed by atoms with van der Waals surface area (Å²) in [5, 5.41) is 13.0. The summed E-state index contributed by atoms with van der Waals surface area (Å²) in [5.41, 5.74) is 4.26. The lowest BCUT2D eigenvalue weighted by Crippen LogP contribution is -2.25. The highest BCUT2D eigenvalue weighted by Gasteiger charge is 2.15. The molecule has 0 radical (unpaired) electrons. The molecule has 2 aromatic carbocycles. The van der Waals surface area contributed by atoms with E-state index >= 15 is 0 Å². The van der Waals surface area contributed by atoms with Crippen molar-refractivity contribution >= 4 is 16.8 Å². The lowest BCUT2D eigenvalue weighted by Gasteiger charge is -2.12. The van der Waals surface area contributed by atoms with Crippen LogP contribution in [-0.4, -0.2) is 15.5 Å². The molecule has 1 N–H and O–H groups in total. The molecule has 136 valence electrons. The molecule has 4 rings (SSSR count). The van der Waals surface area contributed by atoms with E-state index in [2.05, 4.69) is 16.4 Å². The molecule has 2 heterocycles. The number of rotatable bonds is 5. The number of nitrogens with zero attached hydrogens (tertiary/aromatic N) is 3. The number of carbonyl (C=O) groups is 1. The third-order valence-electron chi connectivity index (χ3n) is 4.67. The summed E-state index contributed by atoms with van der Waals surface area (Å²) in [6, 6.07) is 23.2. The van der Waals surface area contributed by atoms with Gasteiger partial charge in [0.1, 0.15) is 5.69 Å². The van der Waals surface area contributed by atoms with Crippen LogP contribution in [-0.2, 0) is 13.1 Å². The van der Waals surface area contributed by atoms with Crippen LogP contribution in [0.25, 0.3) is 10.9 Å². The van der Waals surface area contributed by atoms with Gasteiger partial charge in [0, 0.05) is 36.4 Å². The van der Waals surface area contributed by atoms with Crippen molar-refractivity contribution in [1.82, 2.24) is 14.9 Å². The minimum absolute atomic E-state index is 0.123. The smallest absolute Gasteiger partial charge is 0.268 e. The molecule has 0 spiro atoms. The summed E-state index contributed by atoms with van der Waals surface area (Å²) in [7, 11) is 0. The lowest BCUT2D eigenvalue weighted by molar-refractivity contribution is 0.0942. The van der Waals surface area contributed by atoms with Gasteiger partial charge in [-0.15, -0.1) is 0 Å². The number of aromatic nitrogens is 2. The van der Waals surface area contributed by atoms with Crippen LogP contribution in [0.3, 0.4) is 0 Å². The predicted molar refractivity (Wildman–Crippen MR) is 108 cm³/mol. The molecular formula is C23H18N4O. The van der Waals surface area contributed by atoms with Gasteiger partial charge < -0.3 is 9.88 Å². The monoisotopic (exact) mass is 366 g/mol. The molecule has 0 aliphatic rings. The number of nitrogens with one attached hydrogen (secondary N) is 1. The van der Waals surface area contributed by atoms with Crippen LogP contribution in [0.2, 0.25) is 0 Å². The highest BCUT2D eigenvalue weighted by atomic mass is 16.1. The Labute approximate surface area is 162 Å². The summed E-state index contributed by atoms with van der Waals surface area (Å²) in [6.45, 7) is 0.997. The van der Waals surface area contributed by atoms with Gasteiger partial charge in [-0.05, 0) is 47.5 Å². The van der Waals surface area contributed by atoms with Gasteiger partial charge in [-0.3, -0.25) is 9.78 Å². The van der Waals surface area contributed by atoms with Crippen molar-refractivity contribution in [1.29, 1.82) is 5.26 Å². The molecule has 0 atom stereocenters. The molecule has 0 saturated heterocycles. The van der Waals surface area contributed by atoms with Crippen molar-refractivity contribution in [2.45, 2.75) is 13.1 Å².